The number of ether oxygens (including phenoxy) is 1. The predicted octanol–water partition coefficient (Wildman–Crippen LogP) is 4.51. The second-order valence-electron chi connectivity index (χ2n) is 6.56. The van der Waals surface area contributed by atoms with Crippen LogP contribution in [0.5, 0.6) is 5.75 Å². The van der Waals surface area contributed by atoms with Gasteiger partial charge in [0, 0.05) is 12.0 Å². The lowest BCUT2D eigenvalue weighted by Crippen LogP contribution is -2.06. The van der Waals surface area contributed by atoms with E-state index >= 15 is 0 Å². The molecule has 0 saturated carbocycles. The van der Waals surface area contributed by atoms with Crippen LogP contribution < -0.4 is 4.74 Å². The molecule has 0 aliphatic rings. The van der Waals surface area contributed by atoms with Crippen molar-refractivity contribution in [3.8, 4) is 5.75 Å². The Morgan fingerprint density at radius 1 is 1.07 bits per heavy atom. The van der Waals surface area contributed by atoms with Gasteiger partial charge >= 0.3 is 0 Å². The van der Waals surface area contributed by atoms with Gasteiger partial charge in [0.25, 0.3) is 0 Å². The molecule has 3 aromatic rings. The predicted molar refractivity (Wildman–Crippen MR) is 111 cm³/mol. The van der Waals surface area contributed by atoms with Crippen molar-refractivity contribution >= 4 is 18.0 Å². The molecule has 0 bridgehead atoms. The largest absolute Gasteiger partial charge is 0.493 e. The summed E-state index contributed by atoms with van der Waals surface area (Å²) in [6.07, 6.45) is 4.46. The molecule has 0 unspecified atom stereocenters. The number of para-hydroxylation sites is 1. The third kappa shape index (κ3) is 5.20. The van der Waals surface area contributed by atoms with Gasteiger partial charge in [0.05, 0.1) is 12.8 Å². The SMILES string of the molecule is CSc1nnc(Cc2ccccc2)n1/N=C\c1ccccc1OCC(C)C. The zero-order valence-electron chi connectivity index (χ0n) is 15.9. The van der Waals surface area contributed by atoms with Crippen molar-refractivity contribution in [2.45, 2.75) is 25.4 Å². The number of rotatable bonds is 8. The molecule has 0 amide bonds. The molecule has 2 aromatic carbocycles. The van der Waals surface area contributed by atoms with E-state index in [2.05, 4.69) is 41.3 Å². The zero-order valence-corrected chi connectivity index (χ0v) is 16.7. The summed E-state index contributed by atoms with van der Waals surface area (Å²) in [5.74, 6) is 2.11. The van der Waals surface area contributed by atoms with Crippen LogP contribution in [0.15, 0.2) is 64.9 Å². The molecule has 3 rings (SSSR count). The van der Waals surface area contributed by atoms with E-state index in [9.17, 15) is 0 Å². The molecule has 0 spiro atoms. The molecule has 27 heavy (non-hydrogen) atoms. The Kier molecular flexibility index (Phi) is 6.65. The first-order valence-electron chi connectivity index (χ1n) is 8.95. The molecule has 0 atom stereocenters. The highest BCUT2D eigenvalue weighted by Crippen LogP contribution is 2.19. The summed E-state index contributed by atoms with van der Waals surface area (Å²) in [6.45, 7) is 4.94. The fourth-order valence-corrected chi connectivity index (χ4v) is 2.97. The molecule has 0 fully saturated rings. The molecular weight excluding hydrogens is 356 g/mol. The van der Waals surface area contributed by atoms with E-state index in [-0.39, 0.29) is 0 Å². The number of hydrogen-bond donors (Lipinski definition) is 0. The number of hydrogen-bond acceptors (Lipinski definition) is 5. The van der Waals surface area contributed by atoms with Gasteiger partial charge in [-0.15, -0.1) is 10.2 Å². The van der Waals surface area contributed by atoms with E-state index < -0.39 is 0 Å². The van der Waals surface area contributed by atoms with Crippen molar-refractivity contribution in [2.75, 3.05) is 12.9 Å². The molecule has 0 N–H and O–H groups in total. The molecule has 0 aliphatic carbocycles. The third-order valence-corrected chi connectivity index (χ3v) is 4.49. The second-order valence-corrected chi connectivity index (χ2v) is 7.34. The van der Waals surface area contributed by atoms with E-state index in [0.717, 1.165) is 22.3 Å². The summed E-state index contributed by atoms with van der Waals surface area (Å²) in [5.41, 5.74) is 2.11. The van der Waals surface area contributed by atoms with E-state index in [1.165, 1.54) is 17.3 Å². The molecule has 1 aromatic heterocycles. The van der Waals surface area contributed by atoms with Crippen LogP contribution in [0.25, 0.3) is 0 Å². The van der Waals surface area contributed by atoms with Crippen LogP contribution in [0.3, 0.4) is 0 Å². The number of aromatic nitrogens is 3. The lowest BCUT2D eigenvalue weighted by Gasteiger charge is -2.11. The average Bonchev–Trinajstić information content (AvgIpc) is 3.07. The van der Waals surface area contributed by atoms with Crippen LogP contribution in [0.1, 0.15) is 30.8 Å². The van der Waals surface area contributed by atoms with Gasteiger partial charge in [0.1, 0.15) is 5.75 Å². The summed E-state index contributed by atoms with van der Waals surface area (Å²) in [5, 5.41) is 14.0. The molecule has 0 aliphatic heterocycles. The first-order chi connectivity index (χ1) is 13.2. The van der Waals surface area contributed by atoms with Crippen LogP contribution in [-0.4, -0.2) is 34.0 Å². The van der Waals surface area contributed by atoms with Crippen LogP contribution in [0.2, 0.25) is 0 Å². The van der Waals surface area contributed by atoms with E-state index in [1.807, 2.05) is 54.9 Å². The normalized spacial score (nSPS) is 11.4. The minimum absolute atomic E-state index is 0.466. The molecule has 1 heterocycles. The highest BCUT2D eigenvalue weighted by atomic mass is 32.2. The Bertz CT molecular complexity index is 890. The van der Waals surface area contributed by atoms with Gasteiger partial charge < -0.3 is 4.74 Å². The van der Waals surface area contributed by atoms with Gasteiger partial charge in [0.2, 0.25) is 5.16 Å². The highest BCUT2D eigenvalue weighted by molar-refractivity contribution is 7.98. The monoisotopic (exact) mass is 380 g/mol. The standard InChI is InChI=1S/C21H24N4OS/c1-16(2)15-26-19-12-8-7-11-18(19)14-22-25-20(23-24-21(25)27-3)13-17-9-5-4-6-10-17/h4-12,14,16H,13,15H2,1-3H3/b22-14-. The topological polar surface area (TPSA) is 52.3 Å². The Morgan fingerprint density at radius 2 is 1.81 bits per heavy atom. The van der Waals surface area contributed by atoms with Gasteiger partial charge in [-0.2, -0.15) is 9.78 Å². The highest BCUT2D eigenvalue weighted by Gasteiger charge is 2.11. The lowest BCUT2D eigenvalue weighted by atomic mass is 10.1. The summed E-state index contributed by atoms with van der Waals surface area (Å²) in [6, 6.07) is 18.1. The lowest BCUT2D eigenvalue weighted by molar-refractivity contribution is 0.270. The van der Waals surface area contributed by atoms with Crippen LogP contribution in [0, 0.1) is 5.92 Å². The van der Waals surface area contributed by atoms with Crippen molar-refractivity contribution in [3.63, 3.8) is 0 Å². The maximum Gasteiger partial charge on any atom is 0.211 e. The maximum absolute atomic E-state index is 5.91. The molecular formula is C21H24N4OS. The Balaban J connectivity index is 1.86. The minimum Gasteiger partial charge on any atom is -0.493 e. The number of thioether (sulfide) groups is 1. The summed E-state index contributed by atoms with van der Waals surface area (Å²) < 4.78 is 7.72. The molecule has 6 heteroatoms. The van der Waals surface area contributed by atoms with Crippen LogP contribution in [-0.2, 0) is 6.42 Å². The Hall–Kier alpha value is -2.60. The summed E-state index contributed by atoms with van der Waals surface area (Å²) in [7, 11) is 0. The van der Waals surface area contributed by atoms with Crippen molar-refractivity contribution in [1.29, 1.82) is 0 Å². The summed E-state index contributed by atoms with van der Waals surface area (Å²) >= 11 is 1.52. The van der Waals surface area contributed by atoms with Gasteiger partial charge in [-0.1, -0.05) is 68.1 Å². The first-order valence-corrected chi connectivity index (χ1v) is 10.2. The first kappa shape index (κ1) is 19.2. The fourth-order valence-electron chi connectivity index (χ4n) is 2.52. The van der Waals surface area contributed by atoms with Crippen LogP contribution in [0.4, 0.5) is 0 Å². The van der Waals surface area contributed by atoms with Crippen molar-refractivity contribution in [3.05, 3.63) is 71.5 Å². The summed E-state index contributed by atoms with van der Waals surface area (Å²) in [4.78, 5) is 0. The van der Waals surface area contributed by atoms with Crippen molar-refractivity contribution in [2.24, 2.45) is 11.0 Å². The number of benzene rings is 2. The number of nitrogens with zero attached hydrogens (tertiary/aromatic N) is 4. The van der Waals surface area contributed by atoms with E-state index in [1.54, 1.807) is 4.68 Å². The Labute approximate surface area is 164 Å². The van der Waals surface area contributed by atoms with Crippen molar-refractivity contribution in [1.82, 2.24) is 14.9 Å². The third-order valence-electron chi connectivity index (χ3n) is 3.87. The second kappa shape index (κ2) is 9.37. The molecule has 0 radical (unpaired) electrons. The fraction of sp³-hybridized carbons (Fsp3) is 0.286. The van der Waals surface area contributed by atoms with Gasteiger partial charge in [-0.3, -0.25) is 0 Å². The van der Waals surface area contributed by atoms with Gasteiger partial charge in [-0.25, -0.2) is 0 Å². The maximum atomic E-state index is 5.91. The van der Waals surface area contributed by atoms with Crippen LogP contribution >= 0.6 is 11.8 Å². The molecule has 140 valence electrons. The minimum atomic E-state index is 0.466. The van der Waals surface area contributed by atoms with Crippen molar-refractivity contribution < 1.29 is 4.74 Å². The molecule has 0 saturated heterocycles. The quantitative estimate of drug-likeness (QED) is 0.426. The smallest absolute Gasteiger partial charge is 0.211 e. The van der Waals surface area contributed by atoms with E-state index in [0.29, 0.717) is 18.9 Å². The zero-order chi connectivity index (χ0) is 19.1. The average molecular weight is 381 g/mol. The Morgan fingerprint density at radius 3 is 2.56 bits per heavy atom. The molecule has 5 nitrogen and oxygen atoms in total. The van der Waals surface area contributed by atoms with E-state index in [4.69, 9.17) is 4.74 Å². The van der Waals surface area contributed by atoms with Gasteiger partial charge in [0.15, 0.2) is 5.82 Å². The van der Waals surface area contributed by atoms with Gasteiger partial charge in [-0.05, 0) is 29.9 Å².